The van der Waals surface area contributed by atoms with Gasteiger partial charge in [0.15, 0.2) is 0 Å². The minimum absolute atomic E-state index is 0.0979. The number of nitro groups is 1. The van der Waals surface area contributed by atoms with Gasteiger partial charge >= 0.3 is 0 Å². The number of aromatic nitrogens is 2. The fraction of sp³-hybridized carbons (Fsp3) is 0.200. The standard InChI is InChI=1S/C10H11N5O4S2/c1-2-11-8-5-7(3-4-9(8)15(16)17)21(18,19)14-10-13-12-6-20-10/h3-6,11H,2H2,1H3,(H,13,14). The zero-order valence-corrected chi connectivity index (χ0v) is 12.4. The van der Waals surface area contributed by atoms with Crippen molar-refractivity contribution in [1.82, 2.24) is 10.2 Å². The lowest BCUT2D eigenvalue weighted by Gasteiger charge is -2.08. The van der Waals surface area contributed by atoms with Crippen LogP contribution in [0.2, 0.25) is 0 Å². The van der Waals surface area contributed by atoms with E-state index in [1.54, 1.807) is 6.92 Å². The first-order valence-electron chi connectivity index (χ1n) is 5.75. The van der Waals surface area contributed by atoms with Crippen LogP contribution >= 0.6 is 11.3 Å². The molecule has 0 spiro atoms. The first-order chi connectivity index (χ1) is 9.94. The number of rotatable bonds is 6. The summed E-state index contributed by atoms with van der Waals surface area (Å²) in [5, 5.41) is 20.9. The van der Waals surface area contributed by atoms with Crippen molar-refractivity contribution in [1.29, 1.82) is 0 Å². The van der Waals surface area contributed by atoms with Crippen molar-refractivity contribution >= 4 is 37.9 Å². The Hall–Kier alpha value is -2.27. The number of nitro benzene ring substituents is 1. The fourth-order valence-electron chi connectivity index (χ4n) is 1.56. The SMILES string of the molecule is CCNc1cc(S(=O)(=O)Nc2nncs2)ccc1[N+](=O)[O-]. The zero-order chi connectivity index (χ0) is 15.5. The van der Waals surface area contributed by atoms with Crippen molar-refractivity contribution in [3.63, 3.8) is 0 Å². The van der Waals surface area contributed by atoms with E-state index in [1.165, 1.54) is 17.6 Å². The molecule has 1 heterocycles. The fourth-order valence-corrected chi connectivity index (χ4v) is 3.28. The molecule has 0 bridgehead atoms. The quantitative estimate of drug-likeness (QED) is 0.609. The highest BCUT2D eigenvalue weighted by atomic mass is 32.2. The van der Waals surface area contributed by atoms with E-state index in [2.05, 4.69) is 20.2 Å². The molecule has 112 valence electrons. The van der Waals surface area contributed by atoms with Crippen LogP contribution in [0.5, 0.6) is 0 Å². The lowest BCUT2D eigenvalue weighted by Crippen LogP contribution is -2.13. The van der Waals surface area contributed by atoms with E-state index in [0.717, 1.165) is 17.4 Å². The molecule has 0 aliphatic heterocycles. The first kappa shape index (κ1) is 15.1. The molecule has 2 aromatic rings. The second kappa shape index (κ2) is 6.01. The third-order valence-electron chi connectivity index (χ3n) is 2.42. The average Bonchev–Trinajstić information content (AvgIpc) is 2.91. The lowest BCUT2D eigenvalue weighted by atomic mass is 10.2. The van der Waals surface area contributed by atoms with E-state index < -0.39 is 14.9 Å². The molecule has 0 fully saturated rings. The third-order valence-corrected chi connectivity index (χ3v) is 4.50. The number of hydrogen-bond acceptors (Lipinski definition) is 8. The monoisotopic (exact) mass is 329 g/mol. The van der Waals surface area contributed by atoms with Gasteiger partial charge in [-0.1, -0.05) is 11.3 Å². The molecule has 2 rings (SSSR count). The van der Waals surface area contributed by atoms with Gasteiger partial charge < -0.3 is 5.32 Å². The van der Waals surface area contributed by atoms with E-state index in [4.69, 9.17) is 0 Å². The van der Waals surface area contributed by atoms with Gasteiger partial charge in [-0.3, -0.25) is 14.8 Å². The van der Waals surface area contributed by atoms with Crippen molar-refractivity contribution in [3.05, 3.63) is 33.8 Å². The van der Waals surface area contributed by atoms with E-state index in [1.807, 2.05) is 0 Å². The molecular formula is C10H11N5O4S2. The van der Waals surface area contributed by atoms with E-state index in [9.17, 15) is 18.5 Å². The number of anilines is 2. The molecule has 21 heavy (non-hydrogen) atoms. The largest absolute Gasteiger partial charge is 0.380 e. The molecule has 1 aromatic carbocycles. The summed E-state index contributed by atoms with van der Waals surface area (Å²) in [7, 11) is -3.87. The Labute approximate surface area is 124 Å². The molecule has 0 atom stereocenters. The predicted molar refractivity (Wildman–Crippen MR) is 78.0 cm³/mol. The minimum Gasteiger partial charge on any atom is -0.380 e. The Balaban J connectivity index is 2.39. The van der Waals surface area contributed by atoms with Crippen LogP contribution in [-0.2, 0) is 10.0 Å². The summed E-state index contributed by atoms with van der Waals surface area (Å²) >= 11 is 1.03. The maximum absolute atomic E-state index is 12.2. The summed E-state index contributed by atoms with van der Waals surface area (Å²) in [5.41, 5.74) is 1.34. The van der Waals surface area contributed by atoms with Crippen LogP contribution in [0.3, 0.4) is 0 Å². The van der Waals surface area contributed by atoms with Crippen molar-refractivity contribution in [3.8, 4) is 0 Å². The highest BCUT2D eigenvalue weighted by Crippen LogP contribution is 2.28. The Morgan fingerprint density at radius 3 is 2.76 bits per heavy atom. The summed E-state index contributed by atoms with van der Waals surface area (Å²) in [6.45, 7) is 2.18. The molecular weight excluding hydrogens is 318 g/mol. The van der Waals surface area contributed by atoms with Gasteiger partial charge in [0.2, 0.25) is 5.13 Å². The predicted octanol–water partition coefficient (Wildman–Crippen LogP) is 1.68. The minimum atomic E-state index is -3.87. The lowest BCUT2D eigenvalue weighted by molar-refractivity contribution is -0.384. The molecule has 2 N–H and O–H groups in total. The Bertz CT molecular complexity index is 745. The Morgan fingerprint density at radius 2 is 2.19 bits per heavy atom. The second-order valence-electron chi connectivity index (χ2n) is 3.82. The molecule has 11 heteroatoms. The normalized spacial score (nSPS) is 11.1. The van der Waals surface area contributed by atoms with Gasteiger partial charge in [-0.15, -0.1) is 10.2 Å². The molecule has 0 radical (unpaired) electrons. The molecule has 0 saturated carbocycles. The van der Waals surface area contributed by atoms with Gasteiger partial charge in [-0.05, 0) is 19.1 Å². The summed E-state index contributed by atoms with van der Waals surface area (Å²) < 4.78 is 26.6. The van der Waals surface area contributed by atoms with Crippen molar-refractivity contribution in [2.24, 2.45) is 0 Å². The molecule has 0 saturated heterocycles. The van der Waals surface area contributed by atoms with Crippen molar-refractivity contribution in [2.45, 2.75) is 11.8 Å². The van der Waals surface area contributed by atoms with E-state index in [0.29, 0.717) is 6.54 Å². The number of sulfonamides is 1. The van der Waals surface area contributed by atoms with Gasteiger partial charge in [-0.25, -0.2) is 8.42 Å². The summed E-state index contributed by atoms with van der Waals surface area (Å²) in [6.07, 6.45) is 0. The van der Waals surface area contributed by atoms with Crippen LogP contribution in [0.25, 0.3) is 0 Å². The van der Waals surface area contributed by atoms with Crippen molar-refractivity contribution in [2.75, 3.05) is 16.6 Å². The molecule has 1 aromatic heterocycles. The number of hydrogen-bond donors (Lipinski definition) is 2. The van der Waals surface area contributed by atoms with Gasteiger partial charge in [-0.2, -0.15) is 0 Å². The van der Waals surface area contributed by atoms with Crippen LogP contribution in [0, 0.1) is 10.1 Å². The molecule has 0 aliphatic carbocycles. The van der Waals surface area contributed by atoms with Crippen LogP contribution in [0.15, 0.2) is 28.6 Å². The zero-order valence-electron chi connectivity index (χ0n) is 10.8. The third kappa shape index (κ3) is 3.44. The maximum atomic E-state index is 12.2. The Morgan fingerprint density at radius 1 is 1.43 bits per heavy atom. The summed E-state index contributed by atoms with van der Waals surface area (Å²) in [6, 6.07) is 3.53. The molecule has 0 amide bonds. The average molecular weight is 329 g/mol. The summed E-state index contributed by atoms with van der Waals surface area (Å²) in [5.74, 6) is 0. The van der Waals surface area contributed by atoms with Gasteiger partial charge in [0.25, 0.3) is 15.7 Å². The molecule has 0 unspecified atom stereocenters. The van der Waals surface area contributed by atoms with Crippen LogP contribution in [0.4, 0.5) is 16.5 Å². The topological polar surface area (TPSA) is 127 Å². The molecule has 9 nitrogen and oxygen atoms in total. The Kier molecular flexibility index (Phi) is 4.33. The van der Waals surface area contributed by atoms with Crippen LogP contribution in [-0.4, -0.2) is 30.1 Å². The number of nitrogens with one attached hydrogen (secondary N) is 2. The first-order valence-corrected chi connectivity index (χ1v) is 8.11. The second-order valence-corrected chi connectivity index (χ2v) is 6.33. The smallest absolute Gasteiger partial charge is 0.292 e. The van der Waals surface area contributed by atoms with Crippen LogP contribution < -0.4 is 10.0 Å². The van der Waals surface area contributed by atoms with Gasteiger partial charge in [0.05, 0.1) is 9.82 Å². The summed E-state index contributed by atoms with van der Waals surface area (Å²) in [4.78, 5) is 10.2. The molecule has 0 aliphatic rings. The number of benzene rings is 1. The van der Waals surface area contributed by atoms with E-state index in [-0.39, 0.29) is 21.4 Å². The van der Waals surface area contributed by atoms with Gasteiger partial charge in [0, 0.05) is 12.6 Å². The highest BCUT2D eigenvalue weighted by Gasteiger charge is 2.21. The van der Waals surface area contributed by atoms with Crippen LogP contribution in [0.1, 0.15) is 6.92 Å². The number of nitrogens with zero attached hydrogens (tertiary/aromatic N) is 3. The van der Waals surface area contributed by atoms with E-state index >= 15 is 0 Å². The van der Waals surface area contributed by atoms with Crippen molar-refractivity contribution < 1.29 is 13.3 Å². The highest BCUT2D eigenvalue weighted by molar-refractivity contribution is 7.93. The maximum Gasteiger partial charge on any atom is 0.292 e. The van der Waals surface area contributed by atoms with Gasteiger partial charge in [0.1, 0.15) is 11.2 Å².